The van der Waals surface area contributed by atoms with E-state index in [2.05, 4.69) is 4.99 Å². The van der Waals surface area contributed by atoms with E-state index in [1.807, 2.05) is 35.8 Å². The number of ether oxygens (including phenoxy) is 2. The molecule has 0 aliphatic heterocycles. The fraction of sp³-hybridized carbons (Fsp3) is 0.250. The fourth-order valence-corrected chi connectivity index (χ4v) is 3.72. The van der Waals surface area contributed by atoms with E-state index in [4.69, 9.17) is 9.47 Å². The summed E-state index contributed by atoms with van der Waals surface area (Å²) in [6.07, 6.45) is 3.29. The number of aliphatic imine (C=N–C) groups is 1. The van der Waals surface area contributed by atoms with Crippen LogP contribution in [0.15, 0.2) is 46.3 Å². The van der Waals surface area contributed by atoms with Crippen LogP contribution in [0.3, 0.4) is 0 Å². The van der Waals surface area contributed by atoms with Crippen molar-refractivity contribution in [1.29, 1.82) is 0 Å². The first-order chi connectivity index (χ1) is 13.1. The van der Waals surface area contributed by atoms with Gasteiger partial charge in [0.2, 0.25) is 5.43 Å². The molecule has 0 bridgehead atoms. The molecule has 0 unspecified atom stereocenters. The first-order valence-corrected chi connectivity index (χ1v) is 9.41. The molecule has 27 heavy (non-hydrogen) atoms. The van der Waals surface area contributed by atoms with Gasteiger partial charge in [0.15, 0.2) is 0 Å². The second-order valence-corrected chi connectivity index (χ2v) is 6.76. The number of pyridine rings is 1. The largest absolute Gasteiger partial charge is 0.497 e. The molecule has 0 saturated carbocycles. The van der Waals surface area contributed by atoms with Gasteiger partial charge in [-0.15, -0.1) is 11.3 Å². The van der Waals surface area contributed by atoms with Crippen molar-refractivity contribution in [1.82, 2.24) is 4.57 Å². The standard InChI is InChI=1S/C20H20N2O4S/c1-4-22-12-17(20(24)26-5-2)18(23)16-10-15(27-19(16)22)11-21-13-6-8-14(25-3)9-7-13/h6-12H,4-5H2,1-3H3. The van der Waals surface area contributed by atoms with Crippen molar-refractivity contribution in [2.24, 2.45) is 4.99 Å². The molecule has 0 N–H and O–H groups in total. The Labute approximate surface area is 160 Å². The van der Waals surface area contributed by atoms with E-state index in [0.29, 0.717) is 11.9 Å². The van der Waals surface area contributed by atoms with Crippen molar-refractivity contribution in [3.63, 3.8) is 0 Å². The van der Waals surface area contributed by atoms with Crippen molar-refractivity contribution < 1.29 is 14.3 Å². The van der Waals surface area contributed by atoms with Crippen molar-refractivity contribution in [2.75, 3.05) is 13.7 Å². The van der Waals surface area contributed by atoms with Crippen LogP contribution in [-0.4, -0.2) is 30.5 Å². The highest BCUT2D eigenvalue weighted by molar-refractivity contribution is 7.20. The minimum Gasteiger partial charge on any atom is -0.497 e. The van der Waals surface area contributed by atoms with Gasteiger partial charge in [-0.2, -0.15) is 0 Å². The highest BCUT2D eigenvalue weighted by Gasteiger charge is 2.17. The summed E-state index contributed by atoms with van der Waals surface area (Å²) in [5.74, 6) is 0.175. The van der Waals surface area contributed by atoms with Crippen LogP contribution in [0.25, 0.3) is 10.2 Å². The van der Waals surface area contributed by atoms with E-state index < -0.39 is 5.97 Å². The van der Waals surface area contributed by atoms with E-state index in [1.54, 1.807) is 32.5 Å². The third kappa shape index (κ3) is 3.93. The zero-order chi connectivity index (χ0) is 19.4. The van der Waals surface area contributed by atoms with Gasteiger partial charge in [0.1, 0.15) is 16.1 Å². The number of thiophene rings is 1. The monoisotopic (exact) mass is 384 g/mol. The molecule has 3 aromatic rings. The lowest BCUT2D eigenvalue weighted by atomic mass is 10.2. The summed E-state index contributed by atoms with van der Waals surface area (Å²) in [4.78, 5) is 30.9. The molecule has 0 saturated heterocycles. The van der Waals surface area contributed by atoms with Crippen LogP contribution in [0.2, 0.25) is 0 Å². The summed E-state index contributed by atoms with van der Waals surface area (Å²) in [6, 6.07) is 9.15. The van der Waals surface area contributed by atoms with Gasteiger partial charge >= 0.3 is 5.97 Å². The zero-order valence-electron chi connectivity index (χ0n) is 15.4. The Morgan fingerprint density at radius 2 is 2.00 bits per heavy atom. The molecule has 0 radical (unpaired) electrons. The molecule has 140 valence electrons. The number of carbonyl (C=O) groups is 1. The van der Waals surface area contributed by atoms with Crippen LogP contribution < -0.4 is 10.2 Å². The normalized spacial score (nSPS) is 11.2. The quantitative estimate of drug-likeness (QED) is 0.475. The Balaban J connectivity index is 2.00. The van der Waals surface area contributed by atoms with Crippen LogP contribution in [0, 0.1) is 0 Å². The molecule has 3 rings (SSSR count). The van der Waals surface area contributed by atoms with Crippen molar-refractivity contribution in [3.05, 3.63) is 57.2 Å². The minimum atomic E-state index is -0.591. The molecule has 0 aliphatic rings. The lowest BCUT2D eigenvalue weighted by Gasteiger charge is -2.07. The average molecular weight is 384 g/mol. The first-order valence-electron chi connectivity index (χ1n) is 8.59. The molecule has 0 atom stereocenters. The topological polar surface area (TPSA) is 69.9 Å². The number of hydrogen-bond acceptors (Lipinski definition) is 6. The third-order valence-corrected chi connectivity index (χ3v) is 5.12. The molecule has 2 heterocycles. The molecule has 2 aromatic heterocycles. The van der Waals surface area contributed by atoms with Gasteiger partial charge in [-0.25, -0.2) is 4.79 Å². The second kappa shape index (κ2) is 8.18. The molecule has 0 amide bonds. The van der Waals surface area contributed by atoms with Crippen molar-refractivity contribution in [3.8, 4) is 5.75 Å². The van der Waals surface area contributed by atoms with Crippen LogP contribution in [0.1, 0.15) is 29.1 Å². The maximum atomic E-state index is 12.7. The molecule has 1 aromatic carbocycles. The van der Waals surface area contributed by atoms with E-state index >= 15 is 0 Å². The molecule has 6 nitrogen and oxygen atoms in total. The Kier molecular flexibility index (Phi) is 5.71. The Morgan fingerprint density at radius 1 is 1.26 bits per heavy atom. The maximum absolute atomic E-state index is 12.7. The third-order valence-electron chi connectivity index (χ3n) is 4.02. The van der Waals surface area contributed by atoms with Crippen molar-refractivity contribution in [2.45, 2.75) is 20.4 Å². The van der Waals surface area contributed by atoms with Gasteiger partial charge in [0, 0.05) is 23.8 Å². The number of aryl methyl sites for hydroxylation is 1. The zero-order valence-corrected chi connectivity index (χ0v) is 16.2. The molecular formula is C20H20N2O4S. The lowest BCUT2D eigenvalue weighted by Crippen LogP contribution is -2.19. The number of carbonyl (C=O) groups excluding carboxylic acids is 1. The smallest absolute Gasteiger partial charge is 0.343 e. The van der Waals surface area contributed by atoms with Crippen LogP contribution >= 0.6 is 11.3 Å². The predicted molar refractivity (Wildman–Crippen MR) is 108 cm³/mol. The van der Waals surface area contributed by atoms with Crippen molar-refractivity contribution >= 4 is 39.4 Å². The summed E-state index contributed by atoms with van der Waals surface area (Å²) < 4.78 is 12.0. The Hall–Kier alpha value is -2.93. The van der Waals surface area contributed by atoms with Crippen LogP contribution in [0.4, 0.5) is 5.69 Å². The van der Waals surface area contributed by atoms with Crippen LogP contribution in [-0.2, 0) is 11.3 Å². The van der Waals surface area contributed by atoms with Gasteiger partial charge < -0.3 is 14.0 Å². The number of benzene rings is 1. The number of hydrogen-bond donors (Lipinski definition) is 0. The fourth-order valence-electron chi connectivity index (χ4n) is 2.65. The average Bonchev–Trinajstić information content (AvgIpc) is 3.12. The minimum absolute atomic E-state index is 0.0580. The lowest BCUT2D eigenvalue weighted by molar-refractivity contribution is 0.0524. The van der Waals surface area contributed by atoms with Crippen LogP contribution in [0.5, 0.6) is 5.75 Å². The SMILES string of the molecule is CCOC(=O)c1cn(CC)c2sc(C=Nc3ccc(OC)cc3)cc2c1=O. The van der Waals surface area contributed by atoms with Gasteiger partial charge in [0.05, 0.1) is 24.8 Å². The molecular weight excluding hydrogens is 364 g/mol. The number of rotatable bonds is 6. The van der Waals surface area contributed by atoms with E-state index in [1.165, 1.54) is 11.3 Å². The second-order valence-electron chi connectivity index (χ2n) is 5.70. The maximum Gasteiger partial charge on any atom is 0.343 e. The molecule has 0 fully saturated rings. The summed E-state index contributed by atoms with van der Waals surface area (Å²) in [7, 11) is 1.61. The molecule has 7 heteroatoms. The Morgan fingerprint density at radius 3 is 2.63 bits per heavy atom. The van der Waals surface area contributed by atoms with Gasteiger partial charge in [-0.3, -0.25) is 9.79 Å². The molecule has 0 aliphatic carbocycles. The number of methoxy groups -OCH3 is 1. The summed E-state index contributed by atoms with van der Waals surface area (Å²) >= 11 is 1.46. The highest BCUT2D eigenvalue weighted by atomic mass is 32.1. The van der Waals surface area contributed by atoms with E-state index in [-0.39, 0.29) is 17.6 Å². The number of fused-ring (bicyclic) bond motifs is 1. The number of aromatic nitrogens is 1. The number of esters is 1. The van der Waals surface area contributed by atoms with E-state index in [0.717, 1.165) is 21.1 Å². The van der Waals surface area contributed by atoms with Gasteiger partial charge in [0.25, 0.3) is 0 Å². The first kappa shape index (κ1) is 18.8. The number of nitrogens with zero attached hydrogens (tertiary/aromatic N) is 2. The summed E-state index contributed by atoms with van der Waals surface area (Å²) in [6.45, 7) is 4.54. The Bertz CT molecular complexity index is 1050. The summed E-state index contributed by atoms with van der Waals surface area (Å²) in [5.41, 5.74) is 0.530. The van der Waals surface area contributed by atoms with Gasteiger partial charge in [-0.1, -0.05) is 0 Å². The van der Waals surface area contributed by atoms with E-state index in [9.17, 15) is 9.59 Å². The predicted octanol–water partition coefficient (Wildman–Crippen LogP) is 4.02. The van der Waals surface area contributed by atoms with Gasteiger partial charge in [-0.05, 0) is 44.2 Å². The summed E-state index contributed by atoms with van der Waals surface area (Å²) in [5, 5.41) is 0.503. The highest BCUT2D eigenvalue weighted by Crippen LogP contribution is 2.24. The molecule has 0 spiro atoms.